The summed E-state index contributed by atoms with van der Waals surface area (Å²) >= 11 is 0. The predicted molar refractivity (Wildman–Crippen MR) is 117 cm³/mol. The molecule has 3 aromatic rings. The van der Waals surface area contributed by atoms with Crippen molar-refractivity contribution in [3.05, 3.63) is 91.8 Å². The van der Waals surface area contributed by atoms with E-state index in [0.717, 1.165) is 30.6 Å². The standard InChI is InChI=1S/C24H23N3O5/c1-32-15-7-4-6-13(9-15)17-11-24(10-14-5-2-3-8-16(14)17)12-18(24)25-21(29)19-20(28)22(30)27-23(31)26-19/h2-9,17-18,28H,10-12H2,1H3,(H,25,29)(H2,26,27,30,31)/t17-,18+,24-/m0/s1. The summed E-state index contributed by atoms with van der Waals surface area (Å²) in [4.78, 5) is 40.0. The third-order valence-corrected chi connectivity index (χ3v) is 6.72. The molecule has 0 saturated heterocycles. The molecule has 2 aliphatic carbocycles. The number of benzene rings is 2. The zero-order chi connectivity index (χ0) is 22.5. The molecular formula is C24H23N3O5. The third-order valence-electron chi connectivity index (χ3n) is 6.72. The quantitative estimate of drug-likeness (QED) is 0.501. The van der Waals surface area contributed by atoms with Crippen molar-refractivity contribution in [1.82, 2.24) is 15.3 Å². The van der Waals surface area contributed by atoms with Gasteiger partial charge in [-0.15, -0.1) is 0 Å². The normalized spacial score (nSPS) is 23.4. The Morgan fingerprint density at radius 2 is 1.94 bits per heavy atom. The molecule has 0 unspecified atom stereocenters. The maximum Gasteiger partial charge on any atom is 0.326 e. The van der Waals surface area contributed by atoms with Gasteiger partial charge in [0.15, 0.2) is 5.69 Å². The van der Waals surface area contributed by atoms with Crippen molar-refractivity contribution in [3.8, 4) is 11.5 Å². The molecule has 1 aromatic heterocycles. The lowest BCUT2D eigenvalue weighted by molar-refractivity contribution is 0.0934. The van der Waals surface area contributed by atoms with Gasteiger partial charge in [0.05, 0.1) is 7.11 Å². The Hall–Kier alpha value is -3.81. The van der Waals surface area contributed by atoms with Crippen LogP contribution in [0.15, 0.2) is 58.1 Å². The number of ether oxygens (including phenoxy) is 1. The number of hydrogen-bond acceptors (Lipinski definition) is 5. The Bertz CT molecular complexity index is 1330. The molecule has 2 aliphatic rings. The summed E-state index contributed by atoms with van der Waals surface area (Å²) in [6, 6.07) is 16.3. The van der Waals surface area contributed by atoms with Crippen molar-refractivity contribution >= 4 is 5.91 Å². The van der Waals surface area contributed by atoms with E-state index in [2.05, 4.69) is 34.6 Å². The average molecular weight is 433 g/mol. The average Bonchev–Trinajstić information content (AvgIpc) is 3.45. The zero-order valence-corrected chi connectivity index (χ0v) is 17.5. The smallest absolute Gasteiger partial charge is 0.326 e. The number of aromatic nitrogens is 2. The monoisotopic (exact) mass is 433 g/mol. The van der Waals surface area contributed by atoms with E-state index in [1.807, 2.05) is 29.2 Å². The summed E-state index contributed by atoms with van der Waals surface area (Å²) in [5.74, 6) is -0.497. The van der Waals surface area contributed by atoms with Crippen LogP contribution in [-0.2, 0) is 6.42 Å². The molecule has 8 nitrogen and oxygen atoms in total. The Labute approximate surface area is 183 Å². The van der Waals surface area contributed by atoms with Gasteiger partial charge >= 0.3 is 5.69 Å². The second kappa shape index (κ2) is 7.40. The fraction of sp³-hybridized carbons (Fsp3) is 0.292. The minimum absolute atomic E-state index is 0.126. The summed E-state index contributed by atoms with van der Waals surface area (Å²) in [5.41, 5.74) is 1.30. The van der Waals surface area contributed by atoms with E-state index in [1.54, 1.807) is 7.11 Å². The molecule has 4 N–H and O–H groups in total. The van der Waals surface area contributed by atoms with Gasteiger partial charge < -0.3 is 15.2 Å². The van der Waals surface area contributed by atoms with E-state index in [4.69, 9.17) is 4.74 Å². The first-order valence-electron chi connectivity index (χ1n) is 10.5. The maximum atomic E-state index is 12.7. The number of aromatic amines is 2. The molecule has 1 fully saturated rings. The van der Waals surface area contributed by atoms with Crippen LogP contribution in [0.4, 0.5) is 0 Å². The molecule has 5 rings (SSSR count). The Kier molecular flexibility index (Phi) is 4.65. The number of H-pyrrole nitrogens is 2. The van der Waals surface area contributed by atoms with Crippen LogP contribution in [0.25, 0.3) is 0 Å². The van der Waals surface area contributed by atoms with Crippen LogP contribution in [0.2, 0.25) is 0 Å². The molecule has 0 radical (unpaired) electrons. The highest BCUT2D eigenvalue weighted by molar-refractivity contribution is 5.95. The van der Waals surface area contributed by atoms with Crippen LogP contribution in [0.1, 0.15) is 45.9 Å². The summed E-state index contributed by atoms with van der Waals surface area (Å²) in [5, 5.41) is 12.8. The lowest BCUT2D eigenvalue weighted by atomic mass is 9.72. The zero-order valence-electron chi connectivity index (χ0n) is 17.5. The number of carbonyl (C=O) groups is 1. The van der Waals surface area contributed by atoms with Crippen LogP contribution in [0.5, 0.6) is 11.5 Å². The fourth-order valence-electron chi connectivity index (χ4n) is 5.01. The molecule has 1 amide bonds. The molecule has 32 heavy (non-hydrogen) atoms. The van der Waals surface area contributed by atoms with Gasteiger partial charge in [0.1, 0.15) is 5.75 Å². The van der Waals surface area contributed by atoms with Crippen LogP contribution >= 0.6 is 0 Å². The second-order valence-corrected chi connectivity index (χ2v) is 8.63. The minimum atomic E-state index is -0.992. The van der Waals surface area contributed by atoms with Crippen molar-refractivity contribution in [1.29, 1.82) is 0 Å². The van der Waals surface area contributed by atoms with Gasteiger partial charge in [0.25, 0.3) is 11.5 Å². The van der Waals surface area contributed by atoms with E-state index < -0.39 is 28.6 Å². The first kappa shape index (κ1) is 20.1. The molecule has 0 aliphatic heterocycles. The maximum absolute atomic E-state index is 12.7. The lowest BCUT2D eigenvalue weighted by Gasteiger charge is -2.33. The number of nitrogens with one attached hydrogen (secondary N) is 3. The van der Waals surface area contributed by atoms with Gasteiger partial charge in [-0.05, 0) is 53.5 Å². The van der Waals surface area contributed by atoms with Gasteiger partial charge in [0.2, 0.25) is 5.75 Å². The Balaban J connectivity index is 1.44. The molecule has 0 bridgehead atoms. The molecule has 1 spiro atoms. The summed E-state index contributed by atoms with van der Waals surface area (Å²) in [6.45, 7) is 0. The molecule has 164 valence electrons. The number of rotatable bonds is 4. The van der Waals surface area contributed by atoms with Gasteiger partial charge in [0, 0.05) is 12.0 Å². The van der Waals surface area contributed by atoms with Gasteiger partial charge in [-0.1, -0.05) is 36.4 Å². The Morgan fingerprint density at radius 3 is 2.75 bits per heavy atom. The molecule has 2 aromatic carbocycles. The molecule has 1 heterocycles. The first-order valence-corrected chi connectivity index (χ1v) is 10.5. The number of hydrogen-bond donors (Lipinski definition) is 4. The van der Waals surface area contributed by atoms with Crippen LogP contribution in [0, 0.1) is 5.41 Å². The van der Waals surface area contributed by atoms with Crippen molar-refractivity contribution in [3.63, 3.8) is 0 Å². The van der Waals surface area contributed by atoms with Crippen molar-refractivity contribution in [2.45, 2.75) is 31.2 Å². The second-order valence-electron chi connectivity index (χ2n) is 8.63. The molecule has 8 heteroatoms. The third kappa shape index (κ3) is 3.37. The topological polar surface area (TPSA) is 124 Å². The Morgan fingerprint density at radius 1 is 1.12 bits per heavy atom. The summed E-state index contributed by atoms with van der Waals surface area (Å²) in [6.07, 6.45) is 2.45. The van der Waals surface area contributed by atoms with E-state index in [-0.39, 0.29) is 17.4 Å². The molecule has 1 saturated carbocycles. The van der Waals surface area contributed by atoms with Gasteiger partial charge in [-0.2, -0.15) is 0 Å². The fourth-order valence-corrected chi connectivity index (χ4v) is 5.01. The number of fused-ring (bicyclic) bond motifs is 1. The highest BCUT2D eigenvalue weighted by Crippen LogP contribution is 2.59. The van der Waals surface area contributed by atoms with Gasteiger partial charge in [-0.25, -0.2) is 4.79 Å². The van der Waals surface area contributed by atoms with Crippen LogP contribution in [-0.4, -0.2) is 34.1 Å². The van der Waals surface area contributed by atoms with Crippen LogP contribution < -0.4 is 21.3 Å². The summed E-state index contributed by atoms with van der Waals surface area (Å²) < 4.78 is 5.42. The van der Waals surface area contributed by atoms with Crippen molar-refractivity contribution < 1.29 is 14.6 Å². The largest absolute Gasteiger partial charge is 0.501 e. The highest BCUT2D eigenvalue weighted by Gasteiger charge is 2.57. The highest BCUT2D eigenvalue weighted by atomic mass is 16.5. The number of carbonyl (C=O) groups excluding carboxylic acids is 1. The number of methoxy groups -OCH3 is 1. The first-order chi connectivity index (χ1) is 15.4. The van der Waals surface area contributed by atoms with Crippen molar-refractivity contribution in [2.24, 2.45) is 5.41 Å². The molecular weight excluding hydrogens is 410 g/mol. The van der Waals surface area contributed by atoms with Gasteiger partial charge in [-0.3, -0.25) is 19.6 Å². The van der Waals surface area contributed by atoms with E-state index in [9.17, 15) is 19.5 Å². The SMILES string of the molecule is COc1cccc([C@@H]2C[C@@]3(Cc4ccccc42)C[C@H]3NC(=O)c2[nH]c(=O)[nH]c(=O)c2O)c1. The predicted octanol–water partition coefficient (Wildman–Crippen LogP) is 2.04. The van der Waals surface area contributed by atoms with E-state index in [1.165, 1.54) is 11.1 Å². The van der Waals surface area contributed by atoms with E-state index >= 15 is 0 Å². The number of amides is 1. The lowest BCUT2D eigenvalue weighted by Crippen LogP contribution is -2.36. The number of aromatic hydroxyl groups is 1. The van der Waals surface area contributed by atoms with Crippen LogP contribution in [0.3, 0.4) is 0 Å². The molecule has 3 atom stereocenters. The minimum Gasteiger partial charge on any atom is -0.501 e. The van der Waals surface area contributed by atoms with Crippen molar-refractivity contribution in [2.75, 3.05) is 7.11 Å². The van der Waals surface area contributed by atoms with E-state index in [0.29, 0.717) is 0 Å². The summed E-state index contributed by atoms with van der Waals surface area (Å²) in [7, 11) is 1.65.